The molecule has 0 spiro atoms. The number of ketones is 1. The van der Waals surface area contributed by atoms with E-state index in [9.17, 15) is 9.59 Å². The van der Waals surface area contributed by atoms with Gasteiger partial charge in [-0.1, -0.05) is 18.2 Å². The average Bonchev–Trinajstić information content (AvgIpc) is 3.18. The lowest BCUT2D eigenvalue weighted by molar-refractivity contribution is 0.0788. The van der Waals surface area contributed by atoms with Gasteiger partial charge < -0.3 is 9.88 Å². The minimum Gasteiger partial charge on any atom is -0.342 e. The van der Waals surface area contributed by atoms with Crippen molar-refractivity contribution in [1.29, 1.82) is 0 Å². The fourth-order valence-electron chi connectivity index (χ4n) is 2.48. The SMILES string of the molecule is O=C(c1ncc[nH]1)c1ccccc1C(=O)N1CCCC1. The van der Waals surface area contributed by atoms with Crippen molar-refractivity contribution in [2.75, 3.05) is 13.1 Å². The van der Waals surface area contributed by atoms with E-state index < -0.39 is 0 Å². The van der Waals surface area contributed by atoms with Crippen LogP contribution >= 0.6 is 0 Å². The molecule has 3 rings (SSSR count). The van der Waals surface area contributed by atoms with Gasteiger partial charge in [0.25, 0.3) is 5.91 Å². The molecule has 1 aromatic carbocycles. The van der Waals surface area contributed by atoms with Gasteiger partial charge >= 0.3 is 0 Å². The largest absolute Gasteiger partial charge is 0.342 e. The van der Waals surface area contributed by atoms with Gasteiger partial charge in [0.05, 0.1) is 5.56 Å². The molecule has 1 N–H and O–H groups in total. The number of hydrogen-bond acceptors (Lipinski definition) is 3. The standard InChI is InChI=1S/C15H15N3O2/c19-13(14-16-7-8-17-14)11-5-1-2-6-12(11)15(20)18-9-3-4-10-18/h1-2,5-8H,3-4,9-10H2,(H,16,17). The summed E-state index contributed by atoms with van der Waals surface area (Å²) in [6.07, 6.45) is 5.18. The average molecular weight is 269 g/mol. The number of carbonyl (C=O) groups is 2. The first-order chi connectivity index (χ1) is 9.77. The molecule has 0 radical (unpaired) electrons. The van der Waals surface area contributed by atoms with Gasteiger partial charge in [0, 0.05) is 31.0 Å². The number of benzene rings is 1. The Morgan fingerprint density at radius 2 is 1.80 bits per heavy atom. The predicted molar refractivity (Wildman–Crippen MR) is 73.6 cm³/mol. The van der Waals surface area contributed by atoms with Crippen molar-refractivity contribution in [2.24, 2.45) is 0 Å². The van der Waals surface area contributed by atoms with Crippen LogP contribution in [-0.2, 0) is 0 Å². The molecule has 0 unspecified atom stereocenters. The number of carbonyl (C=O) groups excluding carboxylic acids is 2. The monoisotopic (exact) mass is 269 g/mol. The maximum Gasteiger partial charge on any atom is 0.254 e. The minimum atomic E-state index is -0.252. The zero-order chi connectivity index (χ0) is 13.9. The zero-order valence-corrected chi connectivity index (χ0v) is 11.0. The van der Waals surface area contributed by atoms with E-state index in [0.29, 0.717) is 11.1 Å². The van der Waals surface area contributed by atoms with Gasteiger partial charge in [-0.25, -0.2) is 4.98 Å². The van der Waals surface area contributed by atoms with Crippen LogP contribution in [0.1, 0.15) is 39.4 Å². The van der Waals surface area contributed by atoms with E-state index in [1.165, 1.54) is 6.20 Å². The Kier molecular flexibility index (Phi) is 3.33. The van der Waals surface area contributed by atoms with Crippen molar-refractivity contribution in [2.45, 2.75) is 12.8 Å². The highest BCUT2D eigenvalue weighted by Crippen LogP contribution is 2.18. The molecule has 1 saturated heterocycles. The predicted octanol–water partition coefficient (Wildman–Crippen LogP) is 1.88. The Hall–Kier alpha value is -2.43. The number of amides is 1. The van der Waals surface area contributed by atoms with Crippen LogP contribution in [0.4, 0.5) is 0 Å². The van der Waals surface area contributed by atoms with Crippen LogP contribution in [0.15, 0.2) is 36.7 Å². The van der Waals surface area contributed by atoms with E-state index in [1.54, 1.807) is 35.4 Å². The third-order valence-electron chi connectivity index (χ3n) is 3.51. The van der Waals surface area contributed by atoms with Crippen molar-refractivity contribution in [3.8, 4) is 0 Å². The molecule has 102 valence electrons. The topological polar surface area (TPSA) is 66.1 Å². The number of hydrogen-bond donors (Lipinski definition) is 1. The first-order valence-corrected chi connectivity index (χ1v) is 6.70. The number of imidazole rings is 1. The van der Waals surface area contributed by atoms with E-state index in [2.05, 4.69) is 9.97 Å². The number of nitrogens with one attached hydrogen (secondary N) is 1. The highest BCUT2D eigenvalue weighted by molar-refractivity contribution is 6.13. The van der Waals surface area contributed by atoms with E-state index >= 15 is 0 Å². The summed E-state index contributed by atoms with van der Waals surface area (Å²) in [6, 6.07) is 6.92. The third-order valence-corrected chi connectivity index (χ3v) is 3.51. The molecule has 0 atom stereocenters. The van der Waals surface area contributed by atoms with Gasteiger partial charge in [-0.15, -0.1) is 0 Å². The molecular formula is C15H15N3O2. The molecule has 1 aliphatic heterocycles. The first-order valence-electron chi connectivity index (χ1n) is 6.70. The van der Waals surface area contributed by atoms with Crippen LogP contribution in [-0.4, -0.2) is 39.6 Å². The molecule has 5 heteroatoms. The van der Waals surface area contributed by atoms with Crippen LogP contribution < -0.4 is 0 Å². The lowest BCUT2D eigenvalue weighted by Gasteiger charge is -2.16. The van der Waals surface area contributed by atoms with Crippen molar-refractivity contribution in [1.82, 2.24) is 14.9 Å². The van der Waals surface area contributed by atoms with Gasteiger partial charge in [0.15, 0.2) is 5.82 Å². The summed E-state index contributed by atoms with van der Waals surface area (Å²) in [7, 11) is 0. The Labute approximate surface area is 116 Å². The Morgan fingerprint density at radius 1 is 1.10 bits per heavy atom. The molecule has 5 nitrogen and oxygen atoms in total. The second-order valence-corrected chi connectivity index (χ2v) is 4.81. The molecule has 20 heavy (non-hydrogen) atoms. The lowest BCUT2D eigenvalue weighted by atomic mass is 10.0. The van der Waals surface area contributed by atoms with Gasteiger partial charge in [-0.05, 0) is 18.9 Å². The summed E-state index contributed by atoms with van der Waals surface area (Å²) in [6.45, 7) is 1.53. The smallest absolute Gasteiger partial charge is 0.254 e. The highest BCUT2D eigenvalue weighted by Gasteiger charge is 2.24. The maximum absolute atomic E-state index is 12.5. The normalized spacial score (nSPS) is 14.5. The number of H-pyrrole nitrogens is 1. The first kappa shape index (κ1) is 12.6. The van der Waals surface area contributed by atoms with Gasteiger partial charge in [0.2, 0.25) is 5.78 Å². The number of aromatic nitrogens is 2. The number of rotatable bonds is 3. The van der Waals surface area contributed by atoms with Crippen LogP contribution in [0, 0.1) is 0 Å². The number of nitrogens with zero attached hydrogens (tertiary/aromatic N) is 2. The van der Waals surface area contributed by atoms with E-state index in [4.69, 9.17) is 0 Å². The van der Waals surface area contributed by atoms with E-state index in [-0.39, 0.29) is 17.5 Å². The minimum absolute atomic E-state index is 0.0713. The molecule has 1 amide bonds. The zero-order valence-electron chi connectivity index (χ0n) is 11.0. The van der Waals surface area contributed by atoms with Crippen LogP contribution in [0.2, 0.25) is 0 Å². The molecule has 0 bridgehead atoms. The molecule has 2 aromatic rings. The molecule has 0 aliphatic carbocycles. The molecule has 1 aliphatic rings. The van der Waals surface area contributed by atoms with Crippen molar-refractivity contribution in [3.05, 3.63) is 53.6 Å². The molecule has 0 saturated carbocycles. The molecule has 1 aromatic heterocycles. The van der Waals surface area contributed by atoms with Crippen LogP contribution in [0.5, 0.6) is 0 Å². The quantitative estimate of drug-likeness (QED) is 0.865. The van der Waals surface area contributed by atoms with Crippen LogP contribution in [0.3, 0.4) is 0 Å². The molecule has 1 fully saturated rings. The molecule has 2 heterocycles. The maximum atomic E-state index is 12.5. The van der Waals surface area contributed by atoms with Crippen molar-refractivity contribution >= 4 is 11.7 Å². The van der Waals surface area contributed by atoms with Crippen LogP contribution in [0.25, 0.3) is 0 Å². The second kappa shape index (κ2) is 5.28. The Bertz CT molecular complexity index is 628. The highest BCUT2D eigenvalue weighted by atomic mass is 16.2. The van der Waals surface area contributed by atoms with Gasteiger partial charge in [-0.2, -0.15) is 0 Å². The fourth-order valence-corrected chi connectivity index (χ4v) is 2.48. The lowest BCUT2D eigenvalue weighted by Crippen LogP contribution is -2.29. The summed E-state index contributed by atoms with van der Waals surface area (Å²) >= 11 is 0. The second-order valence-electron chi connectivity index (χ2n) is 4.81. The summed E-state index contributed by atoms with van der Waals surface area (Å²) in [5, 5.41) is 0. The van der Waals surface area contributed by atoms with Gasteiger partial charge in [0.1, 0.15) is 0 Å². The van der Waals surface area contributed by atoms with E-state index in [1.807, 2.05) is 0 Å². The number of aromatic amines is 1. The van der Waals surface area contributed by atoms with E-state index in [0.717, 1.165) is 25.9 Å². The summed E-state index contributed by atoms with van der Waals surface area (Å²) < 4.78 is 0. The van der Waals surface area contributed by atoms with Crippen molar-refractivity contribution < 1.29 is 9.59 Å². The Morgan fingerprint density at radius 3 is 2.45 bits per heavy atom. The Balaban J connectivity index is 1.96. The molecular weight excluding hydrogens is 254 g/mol. The summed E-state index contributed by atoms with van der Waals surface area (Å²) in [5.74, 6) is -0.0668. The third kappa shape index (κ3) is 2.22. The number of likely N-dealkylation sites (tertiary alicyclic amines) is 1. The fraction of sp³-hybridized carbons (Fsp3) is 0.267. The summed E-state index contributed by atoms with van der Waals surface area (Å²) in [4.78, 5) is 33.4. The summed E-state index contributed by atoms with van der Waals surface area (Å²) in [5.41, 5.74) is 0.857. The van der Waals surface area contributed by atoms with Gasteiger partial charge in [-0.3, -0.25) is 9.59 Å². The van der Waals surface area contributed by atoms with Crippen molar-refractivity contribution in [3.63, 3.8) is 0 Å².